The lowest BCUT2D eigenvalue weighted by molar-refractivity contribution is -0.152. The molecule has 3 fully saturated rings. The maximum absolute atomic E-state index is 15.0. The summed E-state index contributed by atoms with van der Waals surface area (Å²) in [6.45, 7) is 7.85. The lowest BCUT2D eigenvalue weighted by Crippen LogP contribution is -2.60. The van der Waals surface area contributed by atoms with Crippen LogP contribution in [-0.4, -0.2) is 95.8 Å². The quantitative estimate of drug-likeness (QED) is 0.257. The molecule has 1 aromatic carbocycles. The summed E-state index contributed by atoms with van der Waals surface area (Å²) in [6.07, 6.45) is 4.23. The van der Waals surface area contributed by atoms with E-state index in [1.807, 2.05) is 19.9 Å². The molecule has 7 atom stereocenters. The molecular formula is C41H54F3N5O9S. The summed E-state index contributed by atoms with van der Waals surface area (Å²) in [5.41, 5.74) is -3.89. The predicted octanol–water partition coefficient (Wildman–Crippen LogP) is 5.54. The van der Waals surface area contributed by atoms with Crippen LogP contribution < -0.4 is 24.8 Å². The molecule has 4 amide bonds. The maximum atomic E-state index is 15.0. The van der Waals surface area contributed by atoms with Crippen LogP contribution in [-0.2, 0) is 29.1 Å². The van der Waals surface area contributed by atoms with E-state index in [4.69, 9.17) is 14.2 Å². The second kappa shape index (κ2) is 16.1. The highest BCUT2D eigenvalue weighted by molar-refractivity contribution is 7.91. The largest absolute Gasteiger partial charge is 0.481 e. The number of aromatic nitrogens is 1. The van der Waals surface area contributed by atoms with Crippen LogP contribution in [0.15, 0.2) is 36.4 Å². The van der Waals surface area contributed by atoms with Crippen LogP contribution in [0.5, 0.6) is 11.8 Å². The number of amides is 4. The summed E-state index contributed by atoms with van der Waals surface area (Å²) >= 11 is 0. The second-order valence-corrected chi connectivity index (χ2v) is 19.6. The number of sulfonamides is 1. The van der Waals surface area contributed by atoms with Crippen LogP contribution in [0.3, 0.4) is 0 Å². The number of fused-ring (bicyclic) bond motifs is 3. The first-order chi connectivity index (χ1) is 27.5. The Balaban J connectivity index is 1.38. The smallest absolute Gasteiger partial charge is 0.408 e. The Kier molecular flexibility index (Phi) is 12.0. The number of ether oxygens (including phenoxy) is 3. The number of allylic oxidation sites excluding steroid dienone is 1. The Morgan fingerprint density at radius 2 is 1.83 bits per heavy atom. The third kappa shape index (κ3) is 9.11. The molecule has 3 heterocycles. The zero-order chi connectivity index (χ0) is 43.3. The molecule has 1 aromatic heterocycles. The van der Waals surface area contributed by atoms with Gasteiger partial charge >= 0.3 is 6.09 Å². The Hall–Kier alpha value is -4.61. The van der Waals surface area contributed by atoms with Crippen LogP contribution >= 0.6 is 0 Å². The Morgan fingerprint density at radius 1 is 1.12 bits per heavy atom. The van der Waals surface area contributed by atoms with Gasteiger partial charge in [-0.2, -0.15) is 4.98 Å². The highest BCUT2D eigenvalue weighted by atomic mass is 32.2. The fraction of sp³-hybridized carbons (Fsp3) is 0.634. The zero-order valence-electron chi connectivity index (χ0n) is 34.4. The summed E-state index contributed by atoms with van der Waals surface area (Å²) < 4.78 is 87.6. The van der Waals surface area contributed by atoms with Crippen LogP contribution in [0.25, 0.3) is 10.8 Å². The van der Waals surface area contributed by atoms with Crippen LogP contribution in [0.2, 0.25) is 0 Å². The number of methoxy groups -OCH3 is 1. The van der Waals surface area contributed by atoms with E-state index in [0.29, 0.717) is 56.2 Å². The highest BCUT2D eigenvalue weighted by Gasteiger charge is 2.63. The van der Waals surface area contributed by atoms with Gasteiger partial charge in [-0.1, -0.05) is 32.4 Å². The minimum absolute atomic E-state index is 0.00146. The number of carbonyl (C=O) groups is 4. The Bertz CT molecular complexity index is 2130. The molecule has 59 heavy (non-hydrogen) atoms. The normalized spacial score (nSPS) is 29.2. The lowest BCUT2D eigenvalue weighted by Gasteiger charge is -2.35. The summed E-state index contributed by atoms with van der Waals surface area (Å²) in [4.78, 5) is 62.6. The molecule has 18 heteroatoms. The fourth-order valence-corrected chi connectivity index (χ4v) is 9.13. The number of nitrogens with one attached hydrogen (secondary N) is 3. The van der Waals surface area contributed by atoms with E-state index in [-0.39, 0.29) is 37.1 Å². The second-order valence-electron chi connectivity index (χ2n) is 17.4. The van der Waals surface area contributed by atoms with Gasteiger partial charge in [0, 0.05) is 30.7 Å². The number of halogens is 3. The molecule has 0 spiro atoms. The minimum atomic E-state index is -4.08. The van der Waals surface area contributed by atoms with E-state index in [9.17, 15) is 40.8 Å². The van der Waals surface area contributed by atoms with Crippen molar-refractivity contribution in [2.75, 3.05) is 13.7 Å². The predicted molar refractivity (Wildman–Crippen MR) is 211 cm³/mol. The lowest BCUT2D eigenvalue weighted by atomic mass is 9.85. The number of alkyl halides is 2. The van der Waals surface area contributed by atoms with Crippen LogP contribution in [0.4, 0.5) is 18.0 Å². The van der Waals surface area contributed by atoms with Crippen LogP contribution in [0, 0.1) is 23.6 Å². The number of pyridine rings is 1. The van der Waals surface area contributed by atoms with E-state index >= 15 is 0 Å². The Labute approximate surface area is 342 Å². The summed E-state index contributed by atoms with van der Waals surface area (Å²) in [5, 5.41) is 6.20. The van der Waals surface area contributed by atoms with E-state index < -0.39 is 91.5 Å². The van der Waals surface area contributed by atoms with Gasteiger partial charge in [-0.05, 0) is 94.7 Å². The van der Waals surface area contributed by atoms with E-state index in [1.165, 1.54) is 36.3 Å². The first-order valence-electron chi connectivity index (χ1n) is 20.1. The van der Waals surface area contributed by atoms with Crippen molar-refractivity contribution in [1.82, 2.24) is 25.2 Å². The molecule has 2 aliphatic heterocycles. The maximum Gasteiger partial charge on any atom is 0.408 e. The molecule has 14 nitrogen and oxygen atoms in total. The first-order valence-corrected chi connectivity index (χ1v) is 21.6. The number of carbonyl (C=O) groups excluding carboxylic acids is 4. The van der Waals surface area contributed by atoms with Crippen molar-refractivity contribution in [2.24, 2.45) is 17.8 Å². The van der Waals surface area contributed by atoms with Crippen molar-refractivity contribution in [2.45, 2.75) is 133 Å². The van der Waals surface area contributed by atoms with Crippen molar-refractivity contribution >= 4 is 44.6 Å². The van der Waals surface area contributed by atoms with Gasteiger partial charge in [0.15, 0.2) is 5.60 Å². The van der Waals surface area contributed by atoms with Gasteiger partial charge in [-0.25, -0.2) is 26.4 Å². The number of rotatable bonds is 10. The summed E-state index contributed by atoms with van der Waals surface area (Å²) in [5.74, 6) is -7.29. The third-order valence-corrected chi connectivity index (χ3v) is 14.7. The summed E-state index contributed by atoms with van der Waals surface area (Å²) in [7, 11) is -2.71. The molecule has 4 aliphatic rings. The number of benzene rings is 1. The molecule has 1 saturated heterocycles. The van der Waals surface area contributed by atoms with Gasteiger partial charge in [-0.15, -0.1) is 0 Å². The van der Waals surface area contributed by atoms with Crippen LogP contribution in [0.1, 0.15) is 92.9 Å². The SMILES string of the molecule is CC[C@@H]1C[C@H](C)CC/C=C\[C@@H]2C[C@@]2(C(=O)NS(=O)(=O)C2(C)CC2)NC(=O)[C@@H]2C[C@@H](Oc3nc(OC)cc4cc(F)ccc34)CN2C(=O)[C@H]1NC(=O)OC(C)(C)C(C)(F)F. The standard InChI is InChI=1S/C41H54F3N5O9S/c1-8-24-17-23(2)11-9-10-12-26-21-41(26,36(52)48-59(54,55)39(5)15-16-39)47-33(50)30-20-28(57-34-29-14-13-27(42)18-25(29)19-31(45-34)56-7)22-49(30)35(51)32(24)46-37(53)58-38(3,4)40(6,43)44/h10,12-14,18-19,23-24,26,28,30,32H,8-9,11,15-17,20-22H2,1-7H3,(H,46,53)(H,47,50)(H,48,52)/b12-10-/t23-,24-,26-,28-,30+,32+,41-/m1/s1. The minimum Gasteiger partial charge on any atom is -0.481 e. The van der Waals surface area contributed by atoms with Gasteiger partial charge in [0.1, 0.15) is 29.5 Å². The number of hydrogen-bond acceptors (Lipinski definition) is 10. The molecule has 3 N–H and O–H groups in total. The van der Waals surface area contributed by atoms with Gasteiger partial charge in [-0.3, -0.25) is 19.1 Å². The number of hydrogen-bond donors (Lipinski definition) is 3. The molecule has 2 aromatic rings. The van der Waals surface area contributed by atoms with Crippen molar-refractivity contribution in [1.29, 1.82) is 0 Å². The molecule has 2 aliphatic carbocycles. The molecular weight excluding hydrogens is 796 g/mol. The zero-order valence-corrected chi connectivity index (χ0v) is 35.2. The molecule has 6 rings (SSSR count). The van der Waals surface area contributed by atoms with Gasteiger partial charge < -0.3 is 29.7 Å². The molecule has 0 bridgehead atoms. The van der Waals surface area contributed by atoms with E-state index in [1.54, 1.807) is 13.0 Å². The molecule has 324 valence electrons. The van der Waals surface area contributed by atoms with Crippen molar-refractivity contribution < 1.29 is 55.0 Å². The van der Waals surface area contributed by atoms with Gasteiger partial charge in [0.2, 0.25) is 33.6 Å². The fourth-order valence-electron chi connectivity index (χ4n) is 7.82. The average molecular weight is 850 g/mol. The third-order valence-electron chi connectivity index (χ3n) is 12.5. The molecule has 0 unspecified atom stereocenters. The molecule has 0 radical (unpaired) electrons. The van der Waals surface area contributed by atoms with Crippen molar-refractivity contribution in [3.8, 4) is 11.8 Å². The highest BCUT2D eigenvalue weighted by Crippen LogP contribution is 2.48. The molecule has 2 saturated carbocycles. The van der Waals surface area contributed by atoms with E-state index in [0.717, 1.165) is 13.8 Å². The first kappa shape index (κ1) is 44.0. The van der Waals surface area contributed by atoms with Crippen molar-refractivity contribution in [3.05, 3.63) is 42.2 Å². The summed E-state index contributed by atoms with van der Waals surface area (Å²) in [6, 6.07) is 2.81. The van der Waals surface area contributed by atoms with E-state index in [2.05, 4.69) is 20.3 Å². The topological polar surface area (TPSA) is 182 Å². The van der Waals surface area contributed by atoms with Gasteiger partial charge in [0.05, 0.1) is 18.4 Å². The number of nitrogens with zero attached hydrogens (tertiary/aromatic N) is 2. The number of alkyl carbamates (subject to hydrolysis) is 1. The van der Waals surface area contributed by atoms with Gasteiger partial charge in [0.25, 0.3) is 11.8 Å². The monoisotopic (exact) mass is 849 g/mol. The Morgan fingerprint density at radius 3 is 2.47 bits per heavy atom. The average Bonchev–Trinajstić information content (AvgIpc) is 4.03. The van der Waals surface area contributed by atoms with Crippen molar-refractivity contribution in [3.63, 3.8) is 0 Å².